The number of nitrogens with two attached hydrogens (primary N) is 1. The molecular weight excluding hydrogens is 284 g/mol. The summed E-state index contributed by atoms with van der Waals surface area (Å²) in [6, 6.07) is 5.15. The Morgan fingerprint density at radius 2 is 2.10 bits per heavy atom. The van der Waals surface area contributed by atoms with Crippen molar-refractivity contribution in [1.29, 1.82) is 0 Å². The first kappa shape index (κ1) is 16.5. The van der Waals surface area contributed by atoms with Gasteiger partial charge in [0.25, 0.3) is 0 Å². The Balaban J connectivity index is 2.04. The fraction of sp³-hybridized carbons (Fsp3) is 0.625. The Hall–Kier alpha value is -0.910. The molecule has 0 spiro atoms. The van der Waals surface area contributed by atoms with Crippen molar-refractivity contribution in [3.63, 3.8) is 0 Å². The molecule has 1 fully saturated rings. The van der Waals surface area contributed by atoms with E-state index in [9.17, 15) is 8.42 Å². The molecule has 0 radical (unpaired) electrons. The van der Waals surface area contributed by atoms with Crippen LogP contribution in [0.15, 0.2) is 23.1 Å². The summed E-state index contributed by atoms with van der Waals surface area (Å²) in [5, 5.41) is 0. The minimum absolute atomic E-state index is 0.317. The van der Waals surface area contributed by atoms with Crippen molar-refractivity contribution < 1.29 is 8.42 Å². The minimum atomic E-state index is -3.43. The van der Waals surface area contributed by atoms with Gasteiger partial charge in [-0.05, 0) is 54.9 Å². The van der Waals surface area contributed by atoms with Crippen molar-refractivity contribution in [2.45, 2.75) is 51.0 Å². The molecule has 1 aromatic carbocycles. The average molecular weight is 310 g/mol. The summed E-state index contributed by atoms with van der Waals surface area (Å²) in [5.74, 6) is 1.17. The summed E-state index contributed by atoms with van der Waals surface area (Å²) < 4.78 is 27.5. The van der Waals surface area contributed by atoms with Gasteiger partial charge in [-0.2, -0.15) is 0 Å². The molecule has 1 aromatic rings. The first-order chi connectivity index (χ1) is 9.92. The number of rotatable bonds is 5. The van der Waals surface area contributed by atoms with E-state index in [1.54, 1.807) is 12.1 Å². The number of hydrogen-bond donors (Lipinski definition) is 2. The molecule has 0 amide bonds. The first-order valence-electron chi connectivity index (χ1n) is 7.71. The number of benzene rings is 1. The molecule has 1 aliphatic rings. The molecule has 2 unspecified atom stereocenters. The highest BCUT2D eigenvalue weighted by Gasteiger charge is 2.22. The molecule has 1 aliphatic carbocycles. The fourth-order valence-corrected chi connectivity index (χ4v) is 4.26. The summed E-state index contributed by atoms with van der Waals surface area (Å²) in [6.07, 6.45) is 4.70. The molecule has 1 saturated carbocycles. The lowest BCUT2D eigenvalue weighted by Crippen LogP contribution is -2.31. The van der Waals surface area contributed by atoms with Gasteiger partial charge in [-0.15, -0.1) is 0 Å². The zero-order valence-electron chi connectivity index (χ0n) is 12.9. The van der Waals surface area contributed by atoms with Crippen molar-refractivity contribution in [3.05, 3.63) is 29.3 Å². The van der Waals surface area contributed by atoms with E-state index in [0.29, 0.717) is 29.8 Å². The Morgan fingerprint density at radius 1 is 1.33 bits per heavy atom. The maximum atomic E-state index is 12.4. The van der Waals surface area contributed by atoms with E-state index in [0.717, 1.165) is 24.0 Å². The number of sulfonamides is 1. The monoisotopic (exact) mass is 310 g/mol. The lowest BCUT2D eigenvalue weighted by Gasteiger charge is -2.26. The van der Waals surface area contributed by atoms with Crippen LogP contribution in [-0.2, 0) is 16.6 Å². The van der Waals surface area contributed by atoms with E-state index >= 15 is 0 Å². The summed E-state index contributed by atoms with van der Waals surface area (Å²) in [5.41, 5.74) is 7.56. The van der Waals surface area contributed by atoms with Gasteiger partial charge >= 0.3 is 0 Å². The Labute approximate surface area is 128 Å². The lowest BCUT2D eigenvalue weighted by molar-refractivity contribution is 0.283. The van der Waals surface area contributed by atoms with Crippen LogP contribution in [0.5, 0.6) is 0 Å². The topological polar surface area (TPSA) is 72.2 Å². The third kappa shape index (κ3) is 4.28. The van der Waals surface area contributed by atoms with Crippen molar-refractivity contribution in [1.82, 2.24) is 4.72 Å². The summed E-state index contributed by atoms with van der Waals surface area (Å²) in [6.45, 7) is 5.08. The van der Waals surface area contributed by atoms with Crippen LogP contribution in [0.3, 0.4) is 0 Å². The number of aryl methyl sites for hydroxylation is 1. The molecule has 5 heteroatoms. The number of nitrogens with one attached hydrogen (secondary N) is 1. The Bertz CT molecular complexity index is 584. The van der Waals surface area contributed by atoms with Crippen LogP contribution >= 0.6 is 0 Å². The first-order valence-corrected chi connectivity index (χ1v) is 9.20. The highest BCUT2D eigenvalue weighted by atomic mass is 32.2. The van der Waals surface area contributed by atoms with E-state index in [1.165, 1.54) is 12.8 Å². The van der Waals surface area contributed by atoms with E-state index in [-0.39, 0.29) is 0 Å². The van der Waals surface area contributed by atoms with Crippen LogP contribution in [0.25, 0.3) is 0 Å². The van der Waals surface area contributed by atoms with Crippen molar-refractivity contribution in [3.8, 4) is 0 Å². The molecule has 2 atom stereocenters. The molecule has 2 rings (SSSR count). The molecule has 21 heavy (non-hydrogen) atoms. The van der Waals surface area contributed by atoms with E-state index in [4.69, 9.17) is 5.73 Å². The Morgan fingerprint density at radius 3 is 2.76 bits per heavy atom. The lowest BCUT2D eigenvalue weighted by atomic mass is 9.83. The second-order valence-corrected chi connectivity index (χ2v) is 8.05. The summed E-state index contributed by atoms with van der Waals surface area (Å²) in [7, 11) is -3.43. The van der Waals surface area contributed by atoms with Crippen molar-refractivity contribution in [2.75, 3.05) is 6.54 Å². The molecule has 0 aromatic heterocycles. The maximum Gasteiger partial charge on any atom is 0.240 e. The third-order valence-corrected chi connectivity index (χ3v) is 5.88. The van der Waals surface area contributed by atoms with Gasteiger partial charge in [-0.3, -0.25) is 0 Å². The predicted molar refractivity (Wildman–Crippen MR) is 85.4 cm³/mol. The smallest absolute Gasteiger partial charge is 0.240 e. The summed E-state index contributed by atoms with van der Waals surface area (Å²) >= 11 is 0. The van der Waals surface area contributed by atoms with Crippen LogP contribution in [-0.4, -0.2) is 15.0 Å². The van der Waals surface area contributed by atoms with Crippen molar-refractivity contribution in [2.24, 2.45) is 17.6 Å². The molecule has 0 bridgehead atoms. The van der Waals surface area contributed by atoms with Gasteiger partial charge in [-0.25, -0.2) is 13.1 Å². The fourth-order valence-electron chi connectivity index (χ4n) is 3.09. The zero-order valence-corrected chi connectivity index (χ0v) is 13.7. The summed E-state index contributed by atoms with van der Waals surface area (Å²) in [4.78, 5) is 0.317. The van der Waals surface area contributed by atoms with Crippen LogP contribution in [0, 0.1) is 18.8 Å². The van der Waals surface area contributed by atoms with E-state index in [2.05, 4.69) is 11.6 Å². The molecule has 0 saturated heterocycles. The van der Waals surface area contributed by atoms with Gasteiger partial charge in [0, 0.05) is 13.1 Å². The van der Waals surface area contributed by atoms with Gasteiger partial charge in [0.05, 0.1) is 4.90 Å². The van der Waals surface area contributed by atoms with Gasteiger partial charge in [0.15, 0.2) is 0 Å². The highest BCUT2D eigenvalue weighted by molar-refractivity contribution is 7.89. The van der Waals surface area contributed by atoms with Gasteiger partial charge in [0.1, 0.15) is 0 Å². The largest absolute Gasteiger partial charge is 0.326 e. The number of hydrogen-bond acceptors (Lipinski definition) is 3. The molecule has 0 heterocycles. The second kappa shape index (κ2) is 6.90. The minimum Gasteiger partial charge on any atom is -0.326 e. The van der Waals surface area contributed by atoms with Crippen LogP contribution in [0.2, 0.25) is 0 Å². The molecule has 118 valence electrons. The average Bonchev–Trinajstić information content (AvgIpc) is 2.46. The van der Waals surface area contributed by atoms with Gasteiger partial charge in [-0.1, -0.05) is 25.8 Å². The molecule has 3 N–H and O–H groups in total. The Kier molecular flexibility index (Phi) is 5.41. The van der Waals surface area contributed by atoms with Gasteiger partial charge in [0.2, 0.25) is 10.0 Å². The standard InChI is InChI=1S/C16H26N2O2S/c1-12-4-3-5-14(8-12)11-18-21(19,20)16-7-6-13(2)15(9-16)10-17/h6-7,9,12,14,18H,3-5,8,10-11,17H2,1-2H3. The molecular formula is C16H26N2O2S. The van der Waals surface area contributed by atoms with Crippen LogP contribution in [0.1, 0.15) is 43.7 Å². The second-order valence-electron chi connectivity index (χ2n) is 6.28. The van der Waals surface area contributed by atoms with Crippen LogP contribution < -0.4 is 10.5 Å². The SMILES string of the molecule is Cc1ccc(S(=O)(=O)NCC2CCCC(C)C2)cc1CN. The van der Waals surface area contributed by atoms with Crippen molar-refractivity contribution >= 4 is 10.0 Å². The molecule has 4 nitrogen and oxygen atoms in total. The van der Waals surface area contributed by atoms with E-state index < -0.39 is 10.0 Å². The molecule has 0 aliphatic heterocycles. The highest BCUT2D eigenvalue weighted by Crippen LogP contribution is 2.28. The maximum absolute atomic E-state index is 12.4. The zero-order chi connectivity index (χ0) is 15.5. The predicted octanol–water partition coefficient (Wildman–Crippen LogP) is 2.56. The normalized spacial score (nSPS) is 23.2. The van der Waals surface area contributed by atoms with Gasteiger partial charge < -0.3 is 5.73 Å². The van der Waals surface area contributed by atoms with E-state index in [1.807, 2.05) is 13.0 Å². The van der Waals surface area contributed by atoms with Crippen LogP contribution in [0.4, 0.5) is 0 Å². The third-order valence-electron chi connectivity index (χ3n) is 4.46. The quantitative estimate of drug-likeness (QED) is 0.878.